The molecule has 2 heterocycles. The molecule has 186 valence electrons. The van der Waals surface area contributed by atoms with Gasteiger partial charge in [0.25, 0.3) is 0 Å². The van der Waals surface area contributed by atoms with E-state index in [2.05, 4.69) is 62.7 Å². The summed E-state index contributed by atoms with van der Waals surface area (Å²) in [4.78, 5) is 15.6. The molecule has 1 aliphatic rings. The van der Waals surface area contributed by atoms with Gasteiger partial charge >= 0.3 is 0 Å². The van der Waals surface area contributed by atoms with Crippen LogP contribution in [0.25, 0.3) is 0 Å². The minimum Gasteiger partial charge on any atom is -0.504 e. The molecule has 0 saturated carbocycles. The number of phenols is 1. The molecule has 10 nitrogen and oxygen atoms in total. The van der Waals surface area contributed by atoms with E-state index in [4.69, 9.17) is 9.47 Å². The van der Waals surface area contributed by atoms with Crippen molar-refractivity contribution in [1.29, 1.82) is 0 Å². The summed E-state index contributed by atoms with van der Waals surface area (Å²) in [6.45, 7) is 4.57. The highest BCUT2D eigenvalue weighted by Gasteiger charge is 2.17. The number of nitrogens with one attached hydrogen (secondary N) is 2. The summed E-state index contributed by atoms with van der Waals surface area (Å²) in [7, 11) is 1.49. The Morgan fingerprint density at radius 1 is 1.11 bits per heavy atom. The second-order valence-electron chi connectivity index (χ2n) is 7.41. The second kappa shape index (κ2) is 12.3. The summed E-state index contributed by atoms with van der Waals surface area (Å²) in [5, 5.41) is 17.8. The van der Waals surface area contributed by atoms with Gasteiger partial charge in [0, 0.05) is 27.6 Å². The van der Waals surface area contributed by atoms with Crippen LogP contribution in [-0.4, -0.2) is 59.7 Å². The molecule has 1 aromatic heterocycles. The average molecular weight is 630 g/mol. The van der Waals surface area contributed by atoms with Crippen molar-refractivity contribution in [2.45, 2.75) is 6.92 Å². The van der Waals surface area contributed by atoms with Gasteiger partial charge in [-0.2, -0.15) is 20.1 Å². The lowest BCUT2D eigenvalue weighted by atomic mass is 10.2. The Hall–Kier alpha value is -2.67. The first-order chi connectivity index (χ1) is 16.4. The average Bonchev–Trinajstić information content (AvgIpc) is 2.83. The minimum atomic E-state index is -0.0209. The monoisotopic (exact) mass is 627 g/mol. The van der Waals surface area contributed by atoms with Crippen LogP contribution in [0.15, 0.2) is 44.4 Å². The van der Waals surface area contributed by atoms with Gasteiger partial charge in [0.2, 0.25) is 17.8 Å². The molecule has 1 fully saturated rings. The standard InChI is InChI=1S/C22H23Br2N7O3.ClH/c1-13-3-4-17(16(24)9-13)26-20-27-21(29-22(28-20)31-5-7-34-8-6-31)30-25-12-14-10-15(23)11-18(33-2)19(14)32;/h3-4,9-12,32H,5-8H2,1-2H3,(H2,26,27,28,29,30);1H. The van der Waals surface area contributed by atoms with Crippen LogP contribution in [0.5, 0.6) is 11.5 Å². The SMILES string of the molecule is COc1cc(Br)cc(C=NNc2nc(Nc3ccc(C)cc3Br)nc(N3CCOCC3)n2)c1O.Cl. The van der Waals surface area contributed by atoms with Crippen molar-refractivity contribution < 1.29 is 14.6 Å². The molecule has 0 amide bonds. The molecule has 3 aromatic rings. The first-order valence-corrected chi connectivity index (χ1v) is 12.0. The van der Waals surface area contributed by atoms with Crippen LogP contribution in [0.3, 0.4) is 0 Å². The summed E-state index contributed by atoms with van der Waals surface area (Å²) >= 11 is 6.97. The number of methoxy groups -OCH3 is 1. The smallest absolute Gasteiger partial charge is 0.250 e. The Morgan fingerprint density at radius 2 is 1.86 bits per heavy atom. The van der Waals surface area contributed by atoms with Crippen molar-refractivity contribution in [3.8, 4) is 11.5 Å². The fourth-order valence-corrected chi connectivity index (χ4v) is 4.27. The van der Waals surface area contributed by atoms with Crippen LogP contribution < -0.4 is 20.4 Å². The van der Waals surface area contributed by atoms with E-state index in [-0.39, 0.29) is 24.1 Å². The molecule has 2 aromatic carbocycles. The van der Waals surface area contributed by atoms with Gasteiger partial charge in [-0.3, -0.25) is 0 Å². The highest BCUT2D eigenvalue weighted by atomic mass is 79.9. The normalized spacial score (nSPS) is 13.4. The number of aryl methyl sites for hydroxylation is 1. The van der Waals surface area contributed by atoms with Gasteiger partial charge in [-0.1, -0.05) is 22.0 Å². The van der Waals surface area contributed by atoms with E-state index in [1.807, 2.05) is 30.0 Å². The van der Waals surface area contributed by atoms with Crippen LogP contribution in [0.1, 0.15) is 11.1 Å². The van der Waals surface area contributed by atoms with Crippen LogP contribution in [0.2, 0.25) is 0 Å². The van der Waals surface area contributed by atoms with E-state index >= 15 is 0 Å². The quantitative estimate of drug-likeness (QED) is 0.249. The lowest BCUT2D eigenvalue weighted by Gasteiger charge is -2.27. The predicted octanol–water partition coefficient (Wildman–Crippen LogP) is 4.87. The summed E-state index contributed by atoms with van der Waals surface area (Å²) < 4.78 is 12.3. The van der Waals surface area contributed by atoms with Crippen LogP contribution >= 0.6 is 44.3 Å². The Labute approximate surface area is 225 Å². The highest BCUT2D eigenvalue weighted by Crippen LogP contribution is 2.32. The van der Waals surface area contributed by atoms with Crippen LogP contribution in [-0.2, 0) is 4.74 Å². The molecule has 0 unspecified atom stereocenters. The first kappa shape index (κ1) is 26.9. The zero-order valence-electron chi connectivity index (χ0n) is 19.0. The Bertz CT molecular complexity index is 1210. The van der Waals surface area contributed by atoms with Gasteiger partial charge in [0.1, 0.15) is 0 Å². The van der Waals surface area contributed by atoms with Gasteiger partial charge in [-0.15, -0.1) is 12.4 Å². The molecule has 4 rings (SSSR count). The van der Waals surface area contributed by atoms with Crippen molar-refractivity contribution in [3.63, 3.8) is 0 Å². The van der Waals surface area contributed by atoms with E-state index in [0.717, 1.165) is 20.2 Å². The van der Waals surface area contributed by atoms with Crippen LogP contribution in [0, 0.1) is 6.92 Å². The van der Waals surface area contributed by atoms with Gasteiger partial charge in [0.15, 0.2) is 11.5 Å². The number of hydrazone groups is 1. The summed E-state index contributed by atoms with van der Waals surface area (Å²) in [6, 6.07) is 9.35. The maximum absolute atomic E-state index is 10.3. The van der Waals surface area contributed by atoms with Gasteiger partial charge in [-0.25, -0.2) is 5.43 Å². The molecule has 0 atom stereocenters. The largest absolute Gasteiger partial charge is 0.504 e. The van der Waals surface area contributed by atoms with E-state index in [1.54, 1.807) is 12.1 Å². The molecule has 0 spiro atoms. The molecule has 1 saturated heterocycles. The maximum Gasteiger partial charge on any atom is 0.250 e. The van der Waals surface area contributed by atoms with Crippen molar-refractivity contribution in [1.82, 2.24) is 15.0 Å². The number of phenolic OH excluding ortho intramolecular Hbond substituents is 1. The molecular weight excluding hydrogens is 606 g/mol. The maximum atomic E-state index is 10.3. The third-order valence-electron chi connectivity index (χ3n) is 4.95. The number of nitrogens with zero attached hydrogens (tertiary/aromatic N) is 5. The minimum absolute atomic E-state index is 0. The number of anilines is 4. The number of aromatic hydroxyl groups is 1. The second-order valence-corrected chi connectivity index (χ2v) is 9.18. The van der Waals surface area contributed by atoms with E-state index in [9.17, 15) is 5.11 Å². The zero-order chi connectivity index (χ0) is 24.1. The number of ether oxygens (including phenoxy) is 2. The number of aromatic nitrogens is 3. The van der Waals surface area contributed by atoms with E-state index < -0.39 is 0 Å². The van der Waals surface area contributed by atoms with Crippen molar-refractivity contribution >= 4 is 74.0 Å². The van der Waals surface area contributed by atoms with Crippen molar-refractivity contribution in [2.24, 2.45) is 5.10 Å². The fourth-order valence-electron chi connectivity index (χ4n) is 3.23. The molecule has 1 aliphatic heterocycles. The third kappa shape index (κ3) is 6.94. The molecule has 3 N–H and O–H groups in total. The number of hydrogen-bond acceptors (Lipinski definition) is 10. The number of morpholine rings is 1. The number of hydrogen-bond donors (Lipinski definition) is 3. The van der Waals surface area contributed by atoms with Crippen LogP contribution in [0.4, 0.5) is 23.5 Å². The van der Waals surface area contributed by atoms with Gasteiger partial charge in [0.05, 0.1) is 32.2 Å². The molecular formula is C22H24Br2ClN7O3. The van der Waals surface area contributed by atoms with Gasteiger partial charge < -0.3 is 24.8 Å². The summed E-state index contributed by atoms with van der Waals surface area (Å²) in [5.74, 6) is 1.44. The highest BCUT2D eigenvalue weighted by molar-refractivity contribution is 9.10. The first-order valence-electron chi connectivity index (χ1n) is 10.4. The molecule has 0 radical (unpaired) electrons. The Kier molecular flexibility index (Phi) is 9.49. The number of rotatable bonds is 7. The number of halogens is 3. The molecule has 0 aliphatic carbocycles. The lowest BCUT2D eigenvalue weighted by molar-refractivity contribution is 0.122. The lowest BCUT2D eigenvalue weighted by Crippen LogP contribution is -2.37. The Balaban J connectivity index is 0.00000342. The zero-order valence-corrected chi connectivity index (χ0v) is 22.9. The van der Waals surface area contributed by atoms with Crippen molar-refractivity contribution in [3.05, 3.63) is 50.4 Å². The fraction of sp³-hybridized carbons (Fsp3) is 0.273. The number of benzene rings is 2. The Morgan fingerprint density at radius 3 is 2.57 bits per heavy atom. The van der Waals surface area contributed by atoms with E-state index in [0.29, 0.717) is 49.5 Å². The molecule has 35 heavy (non-hydrogen) atoms. The summed E-state index contributed by atoms with van der Waals surface area (Å²) in [5.41, 5.74) is 5.25. The topological polar surface area (TPSA) is 117 Å². The molecule has 0 bridgehead atoms. The summed E-state index contributed by atoms with van der Waals surface area (Å²) in [6.07, 6.45) is 1.46. The van der Waals surface area contributed by atoms with Crippen molar-refractivity contribution in [2.75, 3.05) is 49.1 Å². The third-order valence-corrected chi connectivity index (χ3v) is 6.06. The predicted molar refractivity (Wildman–Crippen MR) is 146 cm³/mol. The molecule has 13 heteroatoms. The van der Waals surface area contributed by atoms with E-state index in [1.165, 1.54) is 13.3 Å². The van der Waals surface area contributed by atoms with Gasteiger partial charge in [-0.05, 0) is 52.7 Å².